The first-order valence-corrected chi connectivity index (χ1v) is 11.4. The summed E-state index contributed by atoms with van der Waals surface area (Å²) in [6.07, 6.45) is 0.262. The molecule has 36 heavy (non-hydrogen) atoms. The molecule has 0 spiro atoms. The number of benzene rings is 3. The Morgan fingerprint density at radius 2 is 1.56 bits per heavy atom. The molecule has 0 aliphatic heterocycles. The van der Waals surface area contributed by atoms with Gasteiger partial charge in [0.1, 0.15) is 6.04 Å². The molecule has 0 unspecified atom stereocenters. The van der Waals surface area contributed by atoms with Crippen molar-refractivity contribution in [3.05, 3.63) is 107 Å². The average Bonchev–Trinajstić information content (AvgIpc) is 2.89. The lowest BCUT2D eigenvalue weighted by Crippen LogP contribution is -2.43. The summed E-state index contributed by atoms with van der Waals surface area (Å²) in [5.74, 6) is -0.579. The van der Waals surface area contributed by atoms with Crippen molar-refractivity contribution in [3.8, 4) is 0 Å². The number of nitrogens with one attached hydrogen (secondary N) is 2. The molecule has 1 aromatic heterocycles. The van der Waals surface area contributed by atoms with Crippen LogP contribution in [-0.4, -0.2) is 32.9 Å². The number of ether oxygens (including phenoxy) is 1. The Morgan fingerprint density at radius 1 is 0.889 bits per heavy atom. The van der Waals surface area contributed by atoms with E-state index in [-0.39, 0.29) is 36.7 Å². The van der Waals surface area contributed by atoms with Gasteiger partial charge in [-0.15, -0.1) is 0 Å². The molecule has 1 atom stereocenters. The molecular weight excluding hydrogens is 456 g/mol. The van der Waals surface area contributed by atoms with Crippen LogP contribution in [0.5, 0.6) is 0 Å². The van der Waals surface area contributed by atoms with Gasteiger partial charge in [0.25, 0.3) is 5.91 Å². The summed E-state index contributed by atoms with van der Waals surface area (Å²) in [5, 5.41) is 5.88. The number of aryl methyl sites for hydroxylation is 1. The molecule has 182 valence electrons. The van der Waals surface area contributed by atoms with Crippen molar-refractivity contribution >= 4 is 29.5 Å². The molecule has 4 rings (SSSR count). The number of nitrogen functional groups attached to an aromatic ring is 1. The van der Waals surface area contributed by atoms with Crippen molar-refractivity contribution in [2.45, 2.75) is 26.0 Å². The zero-order chi connectivity index (χ0) is 25.3. The lowest BCUT2D eigenvalue weighted by Gasteiger charge is -2.18. The number of carbonyl (C=O) groups is 2. The van der Waals surface area contributed by atoms with Gasteiger partial charge in [-0.1, -0.05) is 66.7 Å². The van der Waals surface area contributed by atoms with Crippen LogP contribution in [-0.2, 0) is 22.6 Å². The number of aromatic nitrogens is 3. The van der Waals surface area contributed by atoms with Gasteiger partial charge in [-0.05, 0) is 36.2 Å². The van der Waals surface area contributed by atoms with Gasteiger partial charge in [0.15, 0.2) is 12.4 Å². The SMILES string of the molecule is Cc1ccccc1Nc1nc(N)nc(COC(=O)[C@H](Cc2ccccc2)NC(=O)c2ccccc2)n1. The predicted molar refractivity (Wildman–Crippen MR) is 136 cm³/mol. The van der Waals surface area contributed by atoms with Gasteiger partial charge in [0, 0.05) is 17.7 Å². The van der Waals surface area contributed by atoms with E-state index in [1.165, 1.54) is 0 Å². The summed E-state index contributed by atoms with van der Waals surface area (Å²) in [7, 11) is 0. The first kappa shape index (κ1) is 24.3. The third-order valence-electron chi connectivity index (χ3n) is 5.34. The fourth-order valence-electron chi connectivity index (χ4n) is 3.50. The standard InChI is InChI=1S/C27H26N6O3/c1-18-10-8-9-15-21(18)30-27-32-23(31-26(28)33-27)17-36-25(35)22(16-19-11-4-2-5-12-19)29-24(34)20-13-6-3-7-14-20/h2-15,22H,16-17H2,1H3,(H,29,34)(H3,28,30,31,32,33)/t22-/m0/s1. The second-order valence-corrected chi connectivity index (χ2v) is 8.06. The van der Waals surface area contributed by atoms with Crippen molar-refractivity contribution in [1.29, 1.82) is 0 Å². The smallest absolute Gasteiger partial charge is 0.329 e. The summed E-state index contributed by atoms with van der Waals surface area (Å²) in [6.45, 7) is 1.71. The van der Waals surface area contributed by atoms with Crippen LogP contribution in [0.1, 0.15) is 27.3 Å². The molecule has 0 aliphatic rings. The molecule has 1 heterocycles. The minimum absolute atomic E-state index is 0.00894. The minimum atomic E-state index is -0.913. The largest absolute Gasteiger partial charge is 0.456 e. The van der Waals surface area contributed by atoms with Gasteiger partial charge in [-0.3, -0.25) is 4.79 Å². The third-order valence-corrected chi connectivity index (χ3v) is 5.34. The topological polar surface area (TPSA) is 132 Å². The van der Waals surface area contributed by atoms with Gasteiger partial charge in [0.2, 0.25) is 11.9 Å². The van der Waals surface area contributed by atoms with Crippen molar-refractivity contribution in [2.75, 3.05) is 11.1 Å². The van der Waals surface area contributed by atoms with E-state index in [0.717, 1.165) is 16.8 Å². The quantitative estimate of drug-likeness (QED) is 0.308. The molecule has 4 N–H and O–H groups in total. The van der Waals surface area contributed by atoms with Crippen LogP contribution >= 0.6 is 0 Å². The van der Waals surface area contributed by atoms with Gasteiger partial charge in [-0.25, -0.2) is 4.79 Å². The van der Waals surface area contributed by atoms with E-state index in [0.29, 0.717) is 5.56 Å². The normalized spacial score (nSPS) is 11.4. The second-order valence-electron chi connectivity index (χ2n) is 8.06. The summed E-state index contributed by atoms with van der Waals surface area (Å²) >= 11 is 0. The van der Waals surface area contributed by atoms with Crippen molar-refractivity contribution in [1.82, 2.24) is 20.3 Å². The first-order chi connectivity index (χ1) is 17.5. The molecule has 4 aromatic rings. The molecule has 0 bridgehead atoms. The highest BCUT2D eigenvalue weighted by molar-refractivity contribution is 5.96. The molecule has 9 heteroatoms. The predicted octanol–water partition coefficient (Wildman–Crippen LogP) is 3.59. The number of amides is 1. The highest BCUT2D eigenvalue weighted by Crippen LogP contribution is 2.18. The van der Waals surface area contributed by atoms with E-state index in [9.17, 15) is 9.59 Å². The average molecular weight is 483 g/mol. The Morgan fingerprint density at radius 3 is 2.28 bits per heavy atom. The summed E-state index contributed by atoms with van der Waals surface area (Å²) in [4.78, 5) is 38.3. The number of para-hydroxylation sites is 1. The van der Waals surface area contributed by atoms with Crippen molar-refractivity contribution in [2.24, 2.45) is 0 Å². The number of nitrogens with zero attached hydrogens (tertiary/aromatic N) is 3. The van der Waals surface area contributed by atoms with E-state index < -0.39 is 12.0 Å². The Hall–Kier alpha value is -4.79. The molecule has 0 saturated heterocycles. The Kier molecular flexibility index (Phi) is 7.82. The number of esters is 1. The molecule has 0 radical (unpaired) electrons. The van der Waals surface area contributed by atoms with E-state index >= 15 is 0 Å². The van der Waals surface area contributed by atoms with E-state index in [4.69, 9.17) is 10.5 Å². The zero-order valence-electron chi connectivity index (χ0n) is 19.7. The van der Waals surface area contributed by atoms with Crippen molar-refractivity contribution < 1.29 is 14.3 Å². The van der Waals surface area contributed by atoms with Crippen molar-refractivity contribution in [3.63, 3.8) is 0 Å². The van der Waals surface area contributed by atoms with E-state index in [1.807, 2.05) is 67.6 Å². The maximum Gasteiger partial charge on any atom is 0.329 e. The third kappa shape index (κ3) is 6.63. The van der Waals surface area contributed by atoms with Crippen LogP contribution in [0.15, 0.2) is 84.9 Å². The van der Waals surface area contributed by atoms with Gasteiger partial charge in [0.05, 0.1) is 0 Å². The molecule has 0 fully saturated rings. The second kappa shape index (κ2) is 11.6. The fourth-order valence-corrected chi connectivity index (χ4v) is 3.50. The molecule has 3 aromatic carbocycles. The highest BCUT2D eigenvalue weighted by Gasteiger charge is 2.24. The van der Waals surface area contributed by atoms with Crippen LogP contribution in [0.25, 0.3) is 0 Å². The highest BCUT2D eigenvalue weighted by atomic mass is 16.5. The minimum Gasteiger partial charge on any atom is -0.456 e. The van der Waals surface area contributed by atoms with Gasteiger partial charge in [-0.2, -0.15) is 15.0 Å². The van der Waals surface area contributed by atoms with Crippen LogP contribution in [0.3, 0.4) is 0 Å². The number of anilines is 3. The summed E-state index contributed by atoms with van der Waals surface area (Å²) in [5.41, 5.74) is 8.99. The lowest BCUT2D eigenvalue weighted by molar-refractivity contribution is -0.147. The Bertz CT molecular complexity index is 1330. The van der Waals surface area contributed by atoms with Crippen LogP contribution < -0.4 is 16.4 Å². The summed E-state index contributed by atoms with van der Waals surface area (Å²) < 4.78 is 5.49. The Balaban J connectivity index is 1.46. The van der Waals surface area contributed by atoms with E-state index in [2.05, 4.69) is 25.6 Å². The van der Waals surface area contributed by atoms with Gasteiger partial charge >= 0.3 is 5.97 Å². The molecule has 1 amide bonds. The molecule has 0 saturated carbocycles. The maximum absolute atomic E-state index is 13.0. The van der Waals surface area contributed by atoms with Crippen LogP contribution in [0.4, 0.5) is 17.6 Å². The molecule has 9 nitrogen and oxygen atoms in total. The lowest BCUT2D eigenvalue weighted by atomic mass is 10.1. The summed E-state index contributed by atoms with van der Waals surface area (Å²) in [6, 6.07) is 24.8. The van der Waals surface area contributed by atoms with E-state index in [1.54, 1.807) is 24.3 Å². The number of carbonyl (C=O) groups excluding carboxylic acids is 2. The maximum atomic E-state index is 13.0. The number of hydrogen-bond donors (Lipinski definition) is 3. The first-order valence-electron chi connectivity index (χ1n) is 11.4. The Labute approximate surface area is 208 Å². The monoisotopic (exact) mass is 482 g/mol. The zero-order valence-corrected chi connectivity index (χ0v) is 19.7. The van der Waals surface area contributed by atoms with Gasteiger partial charge < -0.3 is 21.1 Å². The fraction of sp³-hybridized carbons (Fsp3) is 0.148. The molecular formula is C27H26N6O3. The molecule has 0 aliphatic carbocycles. The van der Waals surface area contributed by atoms with Crippen LogP contribution in [0, 0.1) is 6.92 Å². The number of rotatable bonds is 9. The number of nitrogens with two attached hydrogens (primary N) is 1. The number of hydrogen-bond acceptors (Lipinski definition) is 8. The van der Waals surface area contributed by atoms with Crippen LogP contribution in [0.2, 0.25) is 0 Å².